The zero-order valence-electron chi connectivity index (χ0n) is 11.1. The predicted molar refractivity (Wildman–Crippen MR) is 78.8 cm³/mol. The van der Waals surface area contributed by atoms with E-state index in [0.717, 1.165) is 0 Å². The molecule has 0 heterocycles. The van der Waals surface area contributed by atoms with Gasteiger partial charge in [-0.25, -0.2) is 9.98 Å². The molecule has 0 rings (SSSR count). The van der Waals surface area contributed by atoms with Gasteiger partial charge in [0.2, 0.25) is 11.9 Å². The van der Waals surface area contributed by atoms with Crippen LogP contribution in [-0.4, -0.2) is 54.5 Å². The largest absolute Gasteiger partial charge is 0.394 e. The average molecular weight is 390 g/mol. The molecule has 1 radical (unpaired) electrons. The fourth-order valence-corrected chi connectivity index (χ4v) is 0.664. The van der Waals surface area contributed by atoms with Crippen LogP contribution >= 0.6 is 0 Å². The maximum absolute atomic E-state index is 8.74. The molecule has 0 unspecified atom stereocenters. The van der Waals surface area contributed by atoms with Gasteiger partial charge in [0.1, 0.15) is 0 Å². The molecule has 0 aromatic heterocycles. The first kappa shape index (κ1) is 24.9. The van der Waals surface area contributed by atoms with Crippen molar-refractivity contribution in [2.75, 3.05) is 13.1 Å². The number of rotatable bonds is 3. The number of nitrogens with two attached hydrogens (primary N) is 6. The number of aliphatic imine (C=N–C) groups is 4. The minimum atomic E-state index is -4.67. The molecule has 0 aliphatic rings. The number of hydrogen-bond acceptors (Lipinski definition) is 4. The number of hydrogen-bond donors (Lipinski definition) is 8. The Morgan fingerprint density at radius 2 is 1.00 bits per heavy atom. The molecule has 0 saturated heterocycles. The van der Waals surface area contributed by atoms with Gasteiger partial charge < -0.3 is 34.4 Å². The third-order valence-electron chi connectivity index (χ3n) is 1.13. The van der Waals surface area contributed by atoms with Crippen LogP contribution in [0.5, 0.6) is 0 Å². The molecule has 133 valence electrons. The molecule has 0 spiro atoms. The smallest absolute Gasteiger partial charge is 0.370 e. The van der Waals surface area contributed by atoms with E-state index in [1.54, 1.807) is 0 Å². The average Bonchev–Trinajstić information content (AvgIpc) is 2.19. The second-order valence-electron chi connectivity index (χ2n) is 3.00. The van der Waals surface area contributed by atoms with Crippen molar-refractivity contribution in [3.63, 3.8) is 0 Å². The molecule has 14 nitrogen and oxygen atoms in total. The molecule has 0 aromatic rings. The summed E-state index contributed by atoms with van der Waals surface area (Å²) in [5.41, 5.74) is 31.0. The maximum Gasteiger partial charge on any atom is 0.394 e. The van der Waals surface area contributed by atoms with E-state index in [0.29, 0.717) is 0 Å². The van der Waals surface area contributed by atoms with Crippen molar-refractivity contribution >= 4 is 34.2 Å². The van der Waals surface area contributed by atoms with Crippen LogP contribution in [-0.2, 0) is 27.5 Å². The number of nitrogens with zero attached hydrogens (tertiary/aromatic N) is 4. The van der Waals surface area contributed by atoms with Crippen molar-refractivity contribution in [1.29, 1.82) is 0 Å². The molecule has 0 bridgehead atoms. The predicted octanol–water partition coefficient (Wildman–Crippen LogP) is -4.49. The van der Waals surface area contributed by atoms with Crippen molar-refractivity contribution in [3.8, 4) is 0 Å². The third kappa shape index (κ3) is 30.7. The summed E-state index contributed by atoms with van der Waals surface area (Å²) in [7, 11) is -4.67. The SMILES string of the molecule is NC(N)=NC(N)=NCCN=C(N)N=C(N)N.O=S(=O)(O)O.[Cu]. The van der Waals surface area contributed by atoms with Crippen LogP contribution in [0.25, 0.3) is 0 Å². The fourth-order valence-electron chi connectivity index (χ4n) is 0.664. The zero-order valence-corrected chi connectivity index (χ0v) is 12.8. The van der Waals surface area contributed by atoms with E-state index in [2.05, 4.69) is 20.0 Å². The monoisotopic (exact) mass is 389 g/mol. The minimum Gasteiger partial charge on any atom is -0.370 e. The second-order valence-corrected chi connectivity index (χ2v) is 3.90. The van der Waals surface area contributed by atoms with Crippen LogP contribution in [0.15, 0.2) is 20.0 Å². The molecule has 0 amide bonds. The van der Waals surface area contributed by atoms with Gasteiger partial charge in [-0.05, 0) is 0 Å². The first-order valence-electron chi connectivity index (χ1n) is 4.90. The Hall–Kier alpha value is -2.13. The summed E-state index contributed by atoms with van der Waals surface area (Å²) < 4.78 is 31.6. The first-order chi connectivity index (χ1) is 9.41. The summed E-state index contributed by atoms with van der Waals surface area (Å²) in [4.78, 5) is 14.6. The van der Waals surface area contributed by atoms with E-state index < -0.39 is 10.4 Å². The summed E-state index contributed by atoms with van der Waals surface area (Å²) in [5.74, 6) is -0.388. The van der Waals surface area contributed by atoms with Crippen LogP contribution in [0.1, 0.15) is 0 Å². The van der Waals surface area contributed by atoms with Gasteiger partial charge >= 0.3 is 10.4 Å². The van der Waals surface area contributed by atoms with Crippen LogP contribution in [0.2, 0.25) is 0 Å². The van der Waals surface area contributed by atoms with E-state index in [1.165, 1.54) is 0 Å². The molecule has 0 aliphatic heterocycles. The Bertz CT molecular complexity index is 492. The second kappa shape index (κ2) is 12.6. The molecule has 16 heteroatoms. The van der Waals surface area contributed by atoms with Gasteiger partial charge in [0, 0.05) is 17.1 Å². The molecule has 0 saturated carbocycles. The zero-order chi connectivity index (χ0) is 17.1. The number of guanidine groups is 4. The van der Waals surface area contributed by atoms with Gasteiger partial charge in [-0.1, -0.05) is 0 Å². The van der Waals surface area contributed by atoms with Gasteiger partial charge in [-0.2, -0.15) is 18.4 Å². The topological polar surface area (TPSA) is 280 Å². The molecular formula is C6H18CuN10O4S. The Balaban J connectivity index is -0.000000520. The van der Waals surface area contributed by atoms with Crippen LogP contribution in [0.3, 0.4) is 0 Å². The van der Waals surface area contributed by atoms with E-state index in [-0.39, 0.29) is 54.0 Å². The first-order valence-corrected chi connectivity index (χ1v) is 6.30. The Labute approximate surface area is 136 Å². The van der Waals surface area contributed by atoms with Crippen molar-refractivity contribution < 1.29 is 34.6 Å². The van der Waals surface area contributed by atoms with Crippen LogP contribution in [0, 0.1) is 0 Å². The molecule has 14 N–H and O–H groups in total. The van der Waals surface area contributed by atoms with Crippen molar-refractivity contribution in [2.45, 2.75) is 0 Å². The standard InChI is InChI=1S/C6H16N10.Cu.H2O4S/c7-3(8)15-5(11)13-1-2-14-6(12)16-4(9)10;;1-5(2,3)4/h1-2H2,(H6,7,8,11,13,15)(H6,9,10,12,14,16);;(H2,1,2,3,4). The summed E-state index contributed by atoms with van der Waals surface area (Å²) in [6, 6.07) is 0. The Kier molecular flexibility index (Phi) is 14.2. The summed E-state index contributed by atoms with van der Waals surface area (Å²) in [6.45, 7) is 0.534. The molecular weight excluding hydrogens is 372 g/mol. The van der Waals surface area contributed by atoms with E-state index >= 15 is 0 Å². The van der Waals surface area contributed by atoms with Crippen molar-refractivity contribution in [2.24, 2.45) is 54.4 Å². The van der Waals surface area contributed by atoms with Gasteiger partial charge in [-0.15, -0.1) is 0 Å². The van der Waals surface area contributed by atoms with Crippen molar-refractivity contribution in [3.05, 3.63) is 0 Å². The third-order valence-corrected chi connectivity index (χ3v) is 1.13. The van der Waals surface area contributed by atoms with Crippen LogP contribution in [0.4, 0.5) is 0 Å². The maximum atomic E-state index is 8.74. The fraction of sp³-hybridized carbons (Fsp3) is 0.333. The van der Waals surface area contributed by atoms with E-state index in [4.69, 9.17) is 51.9 Å². The summed E-state index contributed by atoms with van der Waals surface area (Å²) in [5, 5.41) is 0. The minimum absolute atomic E-state index is 0. The molecule has 22 heavy (non-hydrogen) atoms. The van der Waals surface area contributed by atoms with Gasteiger partial charge in [-0.3, -0.25) is 9.11 Å². The Morgan fingerprint density at radius 3 is 1.18 bits per heavy atom. The van der Waals surface area contributed by atoms with Gasteiger partial charge in [0.05, 0.1) is 13.1 Å². The molecule has 0 aromatic carbocycles. The molecule has 0 fully saturated rings. The van der Waals surface area contributed by atoms with E-state index in [9.17, 15) is 0 Å². The van der Waals surface area contributed by atoms with Crippen molar-refractivity contribution in [1.82, 2.24) is 0 Å². The normalized spacial score (nSPS) is 11.4. The summed E-state index contributed by atoms with van der Waals surface area (Å²) in [6.07, 6.45) is 0. The van der Waals surface area contributed by atoms with Gasteiger partial charge in [0.25, 0.3) is 0 Å². The quantitative estimate of drug-likeness (QED) is 0.0751. The summed E-state index contributed by atoms with van der Waals surface area (Å²) >= 11 is 0. The molecule has 0 aliphatic carbocycles. The van der Waals surface area contributed by atoms with Crippen LogP contribution < -0.4 is 34.4 Å². The molecule has 0 atom stereocenters. The van der Waals surface area contributed by atoms with E-state index in [1.807, 2.05) is 0 Å². The Morgan fingerprint density at radius 1 is 0.773 bits per heavy atom. The van der Waals surface area contributed by atoms with Gasteiger partial charge in [0.15, 0.2) is 11.9 Å².